The van der Waals surface area contributed by atoms with E-state index in [9.17, 15) is 0 Å². The summed E-state index contributed by atoms with van der Waals surface area (Å²) in [5, 5.41) is 1.24. The summed E-state index contributed by atoms with van der Waals surface area (Å²) < 4.78 is 0. The molecule has 1 N–H and O–H groups in total. The van der Waals surface area contributed by atoms with E-state index >= 15 is 0 Å². The Morgan fingerprint density at radius 1 is 0.864 bits per heavy atom. The normalized spacial score (nSPS) is 11.7. The van der Waals surface area contributed by atoms with Crippen molar-refractivity contribution in [3.63, 3.8) is 0 Å². The summed E-state index contributed by atoms with van der Waals surface area (Å²) in [6, 6.07) is 4.22. The Balaban J connectivity index is 0. The fourth-order valence-electron chi connectivity index (χ4n) is 2.18. The number of rotatable bonds is 1. The molecular formula is C19H37N3. The molecular weight excluding hydrogens is 270 g/mol. The largest absolute Gasteiger partial charge is 0.371 e. The minimum Gasteiger partial charge on any atom is -0.371 e. The van der Waals surface area contributed by atoms with Crippen molar-refractivity contribution < 1.29 is 0 Å². The number of nitrogens with zero attached hydrogens (tertiary/aromatic N) is 2. The van der Waals surface area contributed by atoms with Gasteiger partial charge >= 0.3 is 0 Å². The van der Waals surface area contributed by atoms with Crippen LogP contribution in [0.3, 0.4) is 0 Å². The lowest BCUT2D eigenvalue weighted by molar-refractivity contribution is 0.949. The topological polar surface area (TPSA) is 31.9 Å². The van der Waals surface area contributed by atoms with Gasteiger partial charge in [-0.3, -0.25) is 0 Å². The molecule has 3 heterocycles. The molecule has 1 aliphatic rings. The molecule has 0 aromatic carbocycles. The summed E-state index contributed by atoms with van der Waals surface area (Å²) in [7, 11) is 0. The third-order valence-electron chi connectivity index (χ3n) is 2.88. The summed E-state index contributed by atoms with van der Waals surface area (Å²) >= 11 is 0. The molecule has 2 aromatic heterocycles. The number of hydrogen-bond acceptors (Lipinski definition) is 2. The first-order valence-corrected chi connectivity index (χ1v) is 9.12. The van der Waals surface area contributed by atoms with E-state index in [0.717, 1.165) is 5.65 Å². The molecule has 3 heteroatoms. The molecule has 1 saturated heterocycles. The minimum absolute atomic E-state index is 0.995. The predicted molar refractivity (Wildman–Crippen MR) is 103 cm³/mol. The van der Waals surface area contributed by atoms with Gasteiger partial charge in [-0.25, -0.2) is 4.98 Å². The first kappa shape index (κ1) is 22.8. The Morgan fingerprint density at radius 2 is 1.41 bits per heavy atom. The van der Waals surface area contributed by atoms with Crippen molar-refractivity contribution in [1.82, 2.24) is 9.97 Å². The zero-order valence-corrected chi connectivity index (χ0v) is 16.0. The van der Waals surface area contributed by atoms with Gasteiger partial charge in [0, 0.05) is 36.6 Å². The molecule has 0 radical (unpaired) electrons. The van der Waals surface area contributed by atoms with Crippen LogP contribution in [-0.2, 0) is 0 Å². The van der Waals surface area contributed by atoms with Gasteiger partial charge in [0.05, 0.1) is 0 Å². The molecule has 3 rings (SSSR count). The molecule has 22 heavy (non-hydrogen) atoms. The first-order chi connectivity index (χ1) is 10.9. The van der Waals surface area contributed by atoms with Gasteiger partial charge in [-0.2, -0.15) is 0 Å². The van der Waals surface area contributed by atoms with Crippen molar-refractivity contribution in [2.45, 2.75) is 68.2 Å². The smallest absolute Gasteiger partial charge is 0.139 e. The second kappa shape index (κ2) is 15.9. The van der Waals surface area contributed by atoms with Crippen molar-refractivity contribution in [3.8, 4) is 0 Å². The minimum atomic E-state index is 0.995. The van der Waals surface area contributed by atoms with Crippen LogP contribution in [0.4, 0.5) is 5.69 Å². The quantitative estimate of drug-likeness (QED) is 0.673. The highest BCUT2D eigenvalue weighted by molar-refractivity contribution is 5.89. The summed E-state index contributed by atoms with van der Waals surface area (Å²) in [5.41, 5.74) is 2.32. The second-order valence-corrected chi connectivity index (χ2v) is 3.76. The lowest BCUT2D eigenvalue weighted by Crippen LogP contribution is -2.17. The van der Waals surface area contributed by atoms with E-state index < -0.39 is 0 Å². The standard InChI is InChI=1S/C11H13N3.4C2H6/c1-2-8-14(7-1)10-4-6-13-11-9(10)3-5-12-11;4*1-2/h3-6H,1-2,7-8H2,(H,12,13);4*1-2H3. The van der Waals surface area contributed by atoms with Crippen LogP contribution in [-0.4, -0.2) is 23.1 Å². The Bertz CT molecular complexity index is 443. The molecule has 0 atom stereocenters. The van der Waals surface area contributed by atoms with Crippen LogP contribution in [0.5, 0.6) is 0 Å². The molecule has 0 spiro atoms. The zero-order chi connectivity index (χ0) is 17.4. The molecule has 0 bridgehead atoms. The van der Waals surface area contributed by atoms with Gasteiger partial charge in [-0.05, 0) is 25.0 Å². The van der Waals surface area contributed by atoms with Crippen molar-refractivity contribution in [1.29, 1.82) is 0 Å². The molecule has 128 valence electrons. The van der Waals surface area contributed by atoms with Gasteiger partial charge in [0.1, 0.15) is 5.65 Å². The molecule has 1 fully saturated rings. The average molecular weight is 308 g/mol. The Hall–Kier alpha value is -1.51. The first-order valence-electron chi connectivity index (χ1n) is 9.12. The molecule has 0 unspecified atom stereocenters. The van der Waals surface area contributed by atoms with E-state index in [1.54, 1.807) is 0 Å². The van der Waals surface area contributed by atoms with Gasteiger partial charge in [0.25, 0.3) is 0 Å². The fourth-order valence-corrected chi connectivity index (χ4v) is 2.18. The zero-order valence-electron chi connectivity index (χ0n) is 16.0. The van der Waals surface area contributed by atoms with Crippen molar-refractivity contribution in [3.05, 3.63) is 24.5 Å². The highest BCUT2D eigenvalue weighted by Gasteiger charge is 2.14. The molecule has 0 amide bonds. The second-order valence-electron chi connectivity index (χ2n) is 3.76. The lowest BCUT2D eigenvalue weighted by Gasteiger charge is -2.17. The number of hydrogen-bond donors (Lipinski definition) is 1. The average Bonchev–Trinajstić information content (AvgIpc) is 3.33. The number of pyridine rings is 1. The number of anilines is 1. The van der Waals surface area contributed by atoms with E-state index in [-0.39, 0.29) is 0 Å². The summed E-state index contributed by atoms with van der Waals surface area (Å²) in [6.07, 6.45) is 6.46. The number of nitrogens with one attached hydrogen (secondary N) is 1. The Labute approximate surface area is 138 Å². The maximum absolute atomic E-state index is 4.29. The van der Waals surface area contributed by atoms with Gasteiger partial charge in [0.15, 0.2) is 0 Å². The van der Waals surface area contributed by atoms with Crippen LogP contribution in [0.2, 0.25) is 0 Å². The SMILES string of the molecule is CC.CC.CC.CC.c1cc(N2CCCC2)c2cc[nH]c2n1. The fraction of sp³-hybridized carbons (Fsp3) is 0.632. The number of aromatic nitrogens is 2. The van der Waals surface area contributed by atoms with Crippen LogP contribution < -0.4 is 4.90 Å². The monoisotopic (exact) mass is 307 g/mol. The van der Waals surface area contributed by atoms with Gasteiger partial charge in [0.2, 0.25) is 0 Å². The van der Waals surface area contributed by atoms with Gasteiger partial charge in [-0.15, -0.1) is 0 Å². The highest BCUT2D eigenvalue weighted by Crippen LogP contribution is 2.27. The third-order valence-corrected chi connectivity index (χ3v) is 2.88. The number of aromatic amines is 1. The van der Waals surface area contributed by atoms with E-state index in [1.807, 2.05) is 67.8 Å². The van der Waals surface area contributed by atoms with E-state index in [4.69, 9.17) is 0 Å². The van der Waals surface area contributed by atoms with Crippen LogP contribution >= 0.6 is 0 Å². The van der Waals surface area contributed by atoms with E-state index in [2.05, 4.69) is 27.0 Å². The maximum Gasteiger partial charge on any atom is 0.139 e. The van der Waals surface area contributed by atoms with Crippen molar-refractivity contribution >= 4 is 16.7 Å². The highest BCUT2D eigenvalue weighted by atomic mass is 15.1. The van der Waals surface area contributed by atoms with Crippen molar-refractivity contribution in [2.24, 2.45) is 0 Å². The maximum atomic E-state index is 4.29. The summed E-state index contributed by atoms with van der Waals surface area (Å²) in [5.74, 6) is 0. The molecule has 3 nitrogen and oxygen atoms in total. The molecule has 2 aromatic rings. The molecule has 0 saturated carbocycles. The molecule has 0 aliphatic carbocycles. The molecule has 1 aliphatic heterocycles. The van der Waals surface area contributed by atoms with Crippen LogP contribution in [0.1, 0.15) is 68.2 Å². The van der Waals surface area contributed by atoms with E-state index in [0.29, 0.717) is 0 Å². The summed E-state index contributed by atoms with van der Waals surface area (Å²) in [4.78, 5) is 9.88. The van der Waals surface area contributed by atoms with E-state index in [1.165, 1.54) is 37.0 Å². The van der Waals surface area contributed by atoms with Gasteiger partial charge < -0.3 is 9.88 Å². The number of H-pyrrole nitrogens is 1. The lowest BCUT2D eigenvalue weighted by atomic mass is 10.2. The van der Waals surface area contributed by atoms with Gasteiger partial charge in [-0.1, -0.05) is 55.4 Å². The number of fused-ring (bicyclic) bond motifs is 1. The predicted octanol–water partition coefficient (Wildman–Crippen LogP) is 6.27. The Kier molecular flexibility index (Phi) is 16.4. The Morgan fingerprint density at radius 3 is 1.95 bits per heavy atom. The van der Waals surface area contributed by atoms with Crippen molar-refractivity contribution in [2.75, 3.05) is 18.0 Å². The summed E-state index contributed by atoms with van der Waals surface area (Å²) in [6.45, 7) is 18.4. The van der Waals surface area contributed by atoms with Crippen LogP contribution in [0.25, 0.3) is 11.0 Å². The van der Waals surface area contributed by atoms with Crippen LogP contribution in [0.15, 0.2) is 24.5 Å². The third kappa shape index (κ3) is 6.50. The van der Waals surface area contributed by atoms with Crippen LogP contribution in [0, 0.1) is 0 Å².